The standard InChI is InChI=1S/C34H41BrNO6P/c35-43(29-14-5-1-6-15-29,30-16-7-2-8-17-30,31-18-9-3-10-19-31)27-13-26-36-32(37)38-28-20-24-34(25-21-28)41-39-33(40-42-34)22-11-4-12-23-33/h1-3,5-10,14-19,28H,4,11-13,20-27H2,(H,36,37). The number of halogens is 1. The molecular weight excluding hydrogens is 629 g/mol. The molecule has 1 heterocycles. The molecular formula is C34H41BrNO6P. The molecule has 3 aromatic carbocycles. The van der Waals surface area contributed by atoms with Gasteiger partial charge in [-0.2, -0.15) is 0 Å². The Morgan fingerprint density at radius 1 is 0.721 bits per heavy atom. The molecule has 7 nitrogen and oxygen atoms in total. The molecule has 230 valence electrons. The van der Waals surface area contributed by atoms with E-state index in [0.717, 1.165) is 38.3 Å². The molecule has 0 bridgehead atoms. The van der Waals surface area contributed by atoms with E-state index < -0.39 is 23.0 Å². The van der Waals surface area contributed by atoms with Crippen molar-refractivity contribution in [2.24, 2.45) is 0 Å². The van der Waals surface area contributed by atoms with Crippen molar-refractivity contribution in [1.82, 2.24) is 5.32 Å². The summed E-state index contributed by atoms with van der Waals surface area (Å²) in [7, 11) is 0. The molecule has 0 radical (unpaired) electrons. The molecule has 43 heavy (non-hydrogen) atoms. The molecule has 0 atom stereocenters. The molecule has 6 rings (SSSR count). The van der Waals surface area contributed by atoms with Crippen LogP contribution in [0.2, 0.25) is 0 Å². The number of amides is 1. The minimum atomic E-state index is -3.02. The van der Waals surface area contributed by atoms with Crippen molar-refractivity contribution in [1.29, 1.82) is 0 Å². The minimum absolute atomic E-state index is 0.211. The summed E-state index contributed by atoms with van der Waals surface area (Å²) >= 11 is 4.47. The second-order valence-corrected chi connectivity index (χ2v) is 21.1. The van der Waals surface area contributed by atoms with Crippen molar-refractivity contribution >= 4 is 42.8 Å². The summed E-state index contributed by atoms with van der Waals surface area (Å²) in [6.07, 6.45) is 8.08. The summed E-state index contributed by atoms with van der Waals surface area (Å²) in [5.74, 6) is -1.70. The van der Waals surface area contributed by atoms with Crippen molar-refractivity contribution in [2.75, 3.05) is 12.7 Å². The summed E-state index contributed by atoms with van der Waals surface area (Å²) in [5.41, 5.74) is 0. The van der Waals surface area contributed by atoms with Gasteiger partial charge in [-0.25, -0.2) is 0 Å². The van der Waals surface area contributed by atoms with Crippen molar-refractivity contribution in [2.45, 2.75) is 81.9 Å². The average molecular weight is 671 g/mol. The van der Waals surface area contributed by atoms with Gasteiger partial charge in [0.2, 0.25) is 5.79 Å². The van der Waals surface area contributed by atoms with E-state index in [-0.39, 0.29) is 6.10 Å². The summed E-state index contributed by atoms with van der Waals surface area (Å²) in [6, 6.07) is 32.1. The Kier molecular flexibility index (Phi) is 9.25. The van der Waals surface area contributed by atoms with Crippen LogP contribution in [0.5, 0.6) is 0 Å². The van der Waals surface area contributed by atoms with Crippen molar-refractivity contribution < 1.29 is 29.1 Å². The van der Waals surface area contributed by atoms with Crippen LogP contribution >= 0.6 is 20.8 Å². The molecule has 2 saturated carbocycles. The molecule has 1 N–H and O–H groups in total. The SMILES string of the molecule is O=C(NCCCP(Br)(c1ccccc1)(c1ccccc1)c1ccccc1)OC1CCC2(CC1)OOC1(CCCCC1)OO2. The van der Waals surface area contributed by atoms with Crippen LogP contribution in [0.15, 0.2) is 91.0 Å². The van der Waals surface area contributed by atoms with Crippen LogP contribution in [0.4, 0.5) is 4.79 Å². The van der Waals surface area contributed by atoms with E-state index in [2.05, 4.69) is 112 Å². The first-order valence-electron chi connectivity index (χ1n) is 15.5. The average Bonchev–Trinajstić information content (AvgIpc) is 3.07. The van der Waals surface area contributed by atoms with Gasteiger partial charge in [-0.3, -0.25) is 0 Å². The van der Waals surface area contributed by atoms with Gasteiger partial charge in [-0.05, 0) is 12.8 Å². The third kappa shape index (κ3) is 6.28. The van der Waals surface area contributed by atoms with Crippen LogP contribution in [-0.4, -0.2) is 36.5 Å². The fourth-order valence-corrected chi connectivity index (χ4v) is 14.4. The van der Waals surface area contributed by atoms with Crippen LogP contribution < -0.4 is 21.2 Å². The Balaban J connectivity index is 1.06. The number of carbonyl (C=O) groups excluding carboxylic acids is 1. The summed E-state index contributed by atoms with van der Waals surface area (Å²) in [5, 5.41) is 3.78. The second-order valence-electron chi connectivity index (χ2n) is 12.0. The monoisotopic (exact) mass is 669 g/mol. The number of hydrogen-bond donors (Lipinski definition) is 1. The number of carbonyl (C=O) groups is 1. The van der Waals surface area contributed by atoms with E-state index in [0.29, 0.717) is 32.2 Å². The number of benzene rings is 3. The van der Waals surface area contributed by atoms with Gasteiger partial charge >= 0.3 is 225 Å². The fourth-order valence-electron chi connectivity index (χ4n) is 6.71. The third-order valence-corrected chi connectivity index (χ3v) is 19.2. The van der Waals surface area contributed by atoms with E-state index in [1.165, 1.54) is 22.3 Å². The van der Waals surface area contributed by atoms with Gasteiger partial charge < -0.3 is 0 Å². The number of ether oxygens (including phenoxy) is 1. The van der Waals surface area contributed by atoms with Crippen LogP contribution in [0.1, 0.15) is 64.2 Å². The van der Waals surface area contributed by atoms with E-state index in [4.69, 9.17) is 24.3 Å². The van der Waals surface area contributed by atoms with Gasteiger partial charge in [-0.15, -0.1) is 0 Å². The van der Waals surface area contributed by atoms with Gasteiger partial charge in [0, 0.05) is 12.8 Å². The van der Waals surface area contributed by atoms with Gasteiger partial charge in [0.05, 0.1) is 0 Å². The van der Waals surface area contributed by atoms with Crippen LogP contribution in [0.3, 0.4) is 0 Å². The van der Waals surface area contributed by atoms with Crippen LogP contribution in [0.25, 0.3) is 0 Å². The molecule has 3 aliphatic rings. The Labute approximate surface area is 262 Å². The molecule has 9 heteroatoms. The molecule has 3 fully saturated rings. The van der Waals surface area contributed by atoms with E-state index in [1.807, 2.05) is 0 Å². The Morgan fingerprint density at radius 3 is 1.63 bits per heavy atom. The second kappa shape index (κ2) is 13.0. The van der Waals surface area contributed by atoms with E-state index in [9.17, 15) is 4.79 Å². The maximum absolute atomic E-state index is 12.8. The number of hydrogen-bond acceptors (Lipinski definition) is 6. The first kappa shape index (κ1) is 30.7. The molecule has 1 saturated heterocycles. The molecule has 0 aromatic heterocycles. The molecule has 3 aromatic rings. The van der Waals surface area contributed by atoms with Crippen LogP contribution in [0, 0.1) is 0 Å². The normalized spacial score (nSPS) is 21.1. The van der Waals surface area contributed by atoms with Crippen molar-refractivity contribution in [3.8, 4) is 0 Å². The Hall–Kier alpha value is -2.32. The Morgan fingerprint density at radius 2 is 1.16 bits per heavy atom. The Bertz CT molecular complexity index is 1240. The molecule has 1 aliphatic heterocycles. The predicted octanol–water partition coefficient (Wildman–Crippen LogP) is 7.15. The summed E-state index contributed by atoms with van der Waals surface area (Å²) < 4.78 is 5.80. The first-order valence-corrected chi connectivity index (χ1v) is 20.0. The van der Waals surface area contributed by atoms with E-state index >= 15 is 0 Å². The molecule has 0 unspecified atom stereocenters. The van der Waals surface area contributed by atoms with Crippen LogP contribution in [-0.2, 0) is 24.3 Å². The molecule has 2 aliphatic carbocycles. The summed E-state index contributed by atoms with van der Waals surface area (Å²) in [4.78, 5) is 35.9. The quantitative estimate of drug-likeness (QED) is 0.156. The number of nitrogens with one attached hydrogen (secondary N) is 1. The molecule has 2 spiro atoms. The van der Waals surface area contributed by atoms with Crippen molar-refractivity contribution in [3.05, 3.63) is 91.0 Å². The maximum atomic E-state index is 12.8. The number of alkyl carbamates (subject to hydrolysis) is 1. The topological polar surface area (TPSA) is 75.3 Å². The fraction of sp³-hybridized carbons (Fsp3) is 0.441. The first-order chi connectivity index (χ1) is 20.9. The van der Waals surface area contributed by atoms with Crippen molar-refractivity contribution in [3.63, 3.8) is 0 Å². The zero-order valence-electron chi connectivity index (χ0n) is 24.5. The van der Waals surface area contributed by atoms with E-state index in [1.54, 1.807) is 0 Å². The van der Waals surface area contributed by atoms with Gasteiger partial charge in [-0.1, -0.05) is 6.42 Å². The zero-order valence-corrected chi connectivity index (χ0v) is 27.0. The van der Waals surface area contributed by atoms with Gasteiger partial charge in [0.15, 0.2) is 0 Å². The predicted molar refractivity (Wildman–Crippen MR) is 173 cm³/mol. The van der Waals surface area contributed by atoms with Gasteiger partial charge in [0.1, 0.15) is 0 Å². The molecule has 1 amide bonds. The zero-order chi connectivity index (χ0) is 29.7. The number of rotatable bonds is 8. The van der Waals surface area contributed by atoms with Gasteiger partial charge in [0.25, 0.3) is 0 Å². The third-order valence-electron chi connectivity index (χ3n) is 9.18. The summed E-state index contributed by atoms with van der Waals surface area (Å²) in [6.45, 7) is 0.501.